The monoisotopic (exact) mass is 247 g/mol. The van der Waals surface area contributed by atoms with Crippen LogP contribution in [0.4, 0.5) is 0 Å². The lowest BCUT2D eigenvalue weighted by molar-refractivity contribution is 0.237. The van der Waals surface area contributed by atoms with Crippen molar-refractivity contribution < 1.29 is 5.21 Å². The first-order valence-corrected chi connectivity index (χ1v) is 6.42. The van der Waals surface area contributed by atoms with E-state index in [4.69, 9.17) is 10.9 Å². The summed E-state index contributed by atoms with van der Waals surface area (Å²) in [5.74, 6) is 1.11. The lowest BCUT2D eigenvalue weighted by Crippen LogP contribution is -2.30. The Kier molecular flexibility index (Phi) is 4.20. The zero-order chi connectivity index (χ0) is 13.0. The maximum Gasteiger partial charge on any atom is 0.141 e. The lowest BCUT2D eigenvalue weighted by atomic mass is 10.0. The fourth-order valence-corrected chi connectivity index (χ4v) is 2.28. The summed E-state index contributed by atoms with van der Waals surface area (Å²) in [6, 6.07) is 10.4. The van der Waals surface area contributed by atoms with Gasteiger partial charge in [-0.15, -0.1) is 0 Å². The largest absolute Gasteiger partial charge is 0.409 e. The van der Waals surface area contributed by atoms with Crippen LogP contribution in [0.2, 0.25) is 0 Å². The summed E-state index contributed by atoms with van der Waals surface area (Å²) in [4.78, 5) is 2.31. The fraction of sp³-hybridized carbons (Fsp3) is 0.500. The van der Waals surface area contributed by atoms with Crippen molar-refractivity contribution in [2.24, 2.45) is 16.8 Å². The van der Waals surface area contributed by atoms with Crippen molar-refractivity contribution in [2.75, 3.05) is 13.6 Å². The third-order valence-electron chi connectivity index (χ3n) is 3.49. The molecule has 18 heavy (non-hydrogen) atoms. The maximum absolute atomic E-state index is 8.75. The van der Waals surface area contributed by atoms with Crippen molar-refractivity contribution in [3.05, 3.63) is 35.9 Å². The van der Waals surface area contributed by atoms with E-state index in [2.05, 4.69) is 29.2 Å². The molecule has 2 rings (SSSR count). The Labute approximate surface area is 108 Å². The summed E-state index contributed by atoms with van der Waals surface area (Å²) in [6.45, 7) is 1.08. The van der Waals surface area contributed by atoms with Crippen molar-refractivity contribution in [3.8, 4) is 0 Å². The van der Waals surface area contributed by atoms with Crippen LogP contribution >= 0.6 is 0 Å². The molecule has 0 saturated heterocycles. The molecule has 1 aliphatic carbocycles. The Balaban J connectivity index is 2.10. The molecule has 1 saturated carbocycles. The minimum atomic E-state index is 0.183. The number of benzene rings is 1. The van der Waals surface area contributed by atoms with Gasteiger partial charge in [0.1, 0.15) is 5.84 Å². The standard InChI is InChI=1S/C14H21N3O/c1-17(10-11-7-8-11)13(9-14(15)16-18)12-5-3-2-4-6-12/h2-6,11,13,18H,7-10H2,1H3,(H2,15,16). The molecule has 1 aromatic rings. The van der Waals surface area contributed by atoms with Gasteiger partial charge in [-0.2, -0.15) is 0 Å². The fourth-order valence-electron chi connectivity index (χ4n) is 2.28. The Morgan fingerprint density at radius 2 is 2.11 bits per heavy atom. The summed E-state index contributed by atoms with van der Waals surface area (Å²) in [5.41, 5.74) is 6.88. The molecular weight excluding hydrogens is 226 g/mol. The van der Waals surface area contributed by atoms with E-state index in [1.165, 1.54) is 18.4 Å². The van der Waals surface area contributed by atoms with Crippen LogP contribution in [0.25, 0.3) is 0 Å². The van der Waals surface area contributed by atoms with E-state index in [1.807, 2.05) is 18.2 Å². The second-order valence-electron chi connectivity index (χ2n) is 5.10. The quantitative estimate of drug-likeness (QED) is 0.350. The van der Waals surface area contributed by atoms with Crippen molar-refractivity contribution in [3.63, 3.8) is 0 Å². The molecular formula is C14H21N3O. The molecule has 4 nitrogen and oxygen atoms in total. The van der Waals surface area contributed by atoms with Crippen LogP contribution in [-0.4, -0.2) is 29.5 Å². The number of hydrogen-bond donors (Lipinski definition) is 2. The second-order valence-corrected chi connectivity index (χ2v) is 5.10. The molecule has 1 atom stereocenters. The normalized spacial score (nSPS) is 18.0. The van der Waals surface area contributed by atoms with Crippen molar-refractivity contribution >= 4 is 5.84 Å². The third kappa shape index (κ3) is 3.47. The Bertz CT molecular complexity index is 401. The molecule has 1 unspecified atom stereocenters. The van der Waals surface area contributed by atoms with E-state index < -0.39 is 0 Å². The van der Waals surface area contributed by atoms with E-state index in [9.17, 15) is 0 Å². The molecule has 1 aliphatic rings. The summed E-state index contributed by atoms with van der Waals surface area (Å²) >= 11 is 0. The van der Waals surface area contributed by atoms with Crippen LogP contribution in [0, 0.1) is 5.92 Å². The van der Waals surface area contributed by atoms with Gasteiger partial charge in [0.2, 0.25) is 0 Å². The first-order valence-electron chi connectivity index (χ1n) is 6.42. The van der Waals surface area contributed by atoms with E-state index in [0.717, 1.165) is 12.5 Å². The molecule has 4 heteroatoms. The van der Waals surface area contributed by atoms with Crippen LogP contribution in [0.5, 0.6) is 0 Å². The van der Waals surface area contributed by atoms with Gasteiger partial charge in [-0.1, -0.05) is 35.5 Å². The van der Waals surface area contributed by atoms with Crippen LogP contribution in [0.3, 0.4) is 0 Å². The Morgan fingerprint density at radius 1 is 1.44 bits per heavy atom. The molecule has 0 heterocycles. The van der Waals surface area contributed by atoms with Gasteiger partial charge in [0.15, 0.2) is 0 Å². The first-order chi connectivity index (χ1) is 8.70. The van der Waals surface area contributed by atoms with Crippen molar-refractivity contribution in [1.82, 2.24) is 4.90 Å². The second kappa shape index (κ2) is 5.87. The Hall–Kier alpha value is -1.55. The van der Waals surface area contributed by atoms with Gasteiger partial charge >= 0.3 is 0 Å². The zero-order valence-corrected chi connectivity index (χ0v) is 10.8. The van der Waals surface area contributed by atoms with Crippen molar-refractivity contribution in [2.45, 2.75) is 25.3 Å². The highest BCUT2D eigenvalue weighted by Crippen LogP contribution is 2.33. The zero-order valence-electron chi connectivity index (χ0n) is 10.8. The van der Waals surface area contributed by atoms with Crippen molar-refractivity contribution in [1.29, 1.82) is 0 Å². The lowest BCUT2D eigenvalue weighted by Gasteiger charge is -2.28. The smallest absolute Gasteiger partial charge is 0.141 e. The highest BCUT2D eigenvalue weighted by Gasteiger charge is 2.27. The summed E-state index contributed by atoms with van der Waals surface area (Å²) in [5, 5.41) is 11.8. The van der Waals surface area contributed by atoms with E-state index in [0.29, 0.717) is 6.42 Å². The van der Waals surface area contributed by atoms with Crippen LogP contribution in [0.1, 0.15) is 30.9 Å². The van der Waals surface area contributed by atoms with E-state index in [1.54, 1.807) is 0 Å². The molecule has 0 aromatic heterocycles. The Morgan fingerprint density at radius 3 is 2.67 bits per heavy atom. The number of nitrogens with zero attached hydrogens (tertiary/aromatic N) is 2. The summed E-state index contributed by atoms with van der Waals surface area (Å²) < 4.78 is 0. The molecule has 98 valence electrons. The average Bonchev–Trinajstić information content (AvgIpc) is 3.20. The number of hydrogen-bond acceptors (Lipinski definition) is 3. The highest BCUT2D eigenvalue weighted by molar-refractivity contribution is 5.80. The van der Waals surface area contributed by atoms with Gasteiger partial charge in [-0.25, -0.2) is 0 Å². The van der Waals surface area contributed by atoms with Gasteiger partial charge in [0.05, 0.1) is 0 Å². The van der Waals surface area contributed by atoms with Crippen LogP contribution < -0.4 is 5.73 Å². The van der Waals surface area contributed by atoms with Crippen LogP contribution in [0.15, 0.2) is 35.5 Å². The topological polar surface area (TPSA) is 61.8 Å². The van der Waals surface area contributed by atoms with Gasteiger partial charge in [0.25, 0.3) is 0 Å². The third-order valence-corrected chi connectivity index (χ3v) is 3.49. The number of oxime groups is 1. The molecule has 1 aromatic carbocycles. The van der Waals surface area contributed by atoms with Crippen LogP contribution in [-0.2, 0) is 0 Å². The first kappa shape index (κ1) is 12.9. The van der Waals surface area contributed by atoms with E-state index in [-0.39, 0.29) is 11.9 Å². The molecule has 0 radical (unpaired) electrons. The number of rotatable bonds is 6. The predicted molar refractivity (Wildman–Crippen MR) is 72.6 cm³/mol. The number of amidine groups is 1. The van der Waals surface area contributed by atoms with Gasteiger partial charge in [-0.3, -0.25) is 4.90 Å². The van der Waals surface area contributed by atoms with Gasteiger partial charge in [0, 0.05) is 19.0 Å². The SMILES string of the molecule is CN(CC1CC1)C(CC(N)=NO)c1ccccc1. The molecule has 0 aliphatic heterocycles. The molecule has 1 fully saturated rings. The molecule has 3 N–H and O–H groups in total. The maximum atomic E-state index is 8.75. The average molecular weight is 247 g/mol. The molecule has 0 spiro atoms. The summed E-state index contributed by atoms with van der Waals surface area (Å²) in [7, 11) is 2.11. The molecule has 0 amide bonds. The minimum Gasteiger partial charge on any atom is -0.409 e. The minimum absolute atomic E-state index is 0.183. The van der Waals surface area contributed by atoms with Gasteiger partial charge < -0.3 is 10.9 Å². The van der Waals surface area contributed by atoms with Gasteiger partial charge in [-0.05, 0) is 31.4 Å². The summed E-state index contributed by atoms with van der Waals surface area (Å²) in [6.07, 6.45) is 3.22. The number of nitrogens with two attached hydrogens (primary N) is 1. The highest BCUT2D eigenvalue weighted by atomic mass is 16.4. The van der Waals surface area contributed by atoms with E-state index >= 15 is 0 Å². The molecule has 0 bridgehead atoms. The predicted octanol–water partition coefficient (Wildman–Crippen LogP) is 2.21.